The zero-order chi connectivity index (χ0) is 15.3. The molecule has 0 aliphatic heterocycles. The summed E-state index contributed by atoms with van der Waals surface area (Å²) in [7, 11) is 1.71. The van der Waals surface area contributed by atoms with Gasteiger partial charge in [0.1, 0.15) is 6.04 Å². The molecule has 2 amide bonds. The van der Waals surface area contributed by atoms with Crippen LogP contribution in [0, 0.1) is 5.92 Å². The van der Waals surface area contributed by atoms with Crippen LogP contribution >= 0.6 is 11.6 Å². The fourth-order valence-electron chi connectivity index (χ4n) is 1.93. The summed E-state index contributed by atoms with van der Waals surface area (Å²) < 4.78 is 0. The summed E-state index contributed by atoms with van der Waals surface area (Å²) in [5, 5.41) is 3.33. The first-order valence-electron chi connectivity index (χ1n) is 6.58. The normalized spacial score (nSPS) is 12.1. The largest absolute Gasteiger partial charge is 0.344 e. The lowest BCUT2D eigenvalue weighted by Gasteiger charge is -2.27. The van der Waals surface area contributed by atoms with Gasteiger partial charge < -0.3 is 10.2 Å². The number of carbonyl (C=O) groups is 2. The first-order chi connectivity index (χ1) is 9.32. The van der Waals surface area contributed by atoms with Crippen LogP contribution in [0.3, 0.4) is 0 Å². The van der Waals surface area contributed by atoms with Crippen molar-refractivity contribution in [3.05, 3.63) is 34.9 Å². The fourth-order valence-corrected chi connectivity index (χ4v) is 2.13. The summed E-state index contributed by atoms with van der Waals surface area (Å²) in [6, 6.07) is 6.90. The van der Waals surface area contributed by atoms with Crippen molar-refractivity contribution in [2.45, 2.75) is 33.4 Å². The van der Waals surface area contributed by atoms with Crippen molar-refractivity contribution in [1.82, 2.24) is 10.2 Å². The molecular formula is C15H21ClN2O2. The van der Waals surface area contributed by atoms with E-state index in [4.69, 9.17) is 11.6 Å². The van der Waals surface area contributed by atoms with Gasteiger partial charge in [-0.3, -0.25) is 9.59 Å². The number of rotatable bonds is 5. The molecule has 4 nitrogen and oxygen atoms in total. The van der Waals surface area contributed by atoms with Gasteiger partial charge in [0, 0.05) is 25.5 Å². The van der Waals surface area contributed by atoms with Gasteiger partial charge in [-0.05, 0) is 17.5 Å². The van der Waals surface area contributed by atoms with Crippen LogP contribution in [-0.4, -0.2) is 29.8 Å². The zero-order valence-corrected chi connectivity index (χ0v) is 13.1. The van der Waals surface area contributed by atoms with Gasteiger partial charge in [-0.15, -0.1) is 0 Å². The molecule has 1 atom stereocenters. The van der Waals surface area contributed by atoms with Crippen molar-refractivity contribution in [2.24, 2.45) is 5.92 Å². The molecule has 1 aromatic carbocycles. The Balaban J connectivity index is 2.79. The number of nitrogens with one attached hydrogen (secondary N) is 1. The second kappa shape index (κ2) is 7.29. The molecule has 110 valence electrons. The summed E-state index contributed by atoms with van der Waals surface area (Å²) in [4.78, 5) is 25.2. The van der Waals surface area contributed by atoms with Gasteiger partial charge in [0.2, 0.25) is 11.8 Å². The molecule has 0 saturated carbocycles. The maximum Gasteiger partial charge on any atom is 0.245 e. The molecule has 0 aliphatic rings. The van der Waals surface area contributed by atoms with E-state index in [1.165, 1.54) is 6.92 Å². The van der Waals surface area contributed by atoms with Crippen LogP contribution in [-0.2, 0) is 16.1 Å². The maximum absolute atomic E-state index is 12.4. The number of hydrogen-bond acceptors (Lipinski definition) is 2. The third kappa shape index (κ3) is 4.53. The van der Waals surface area contributed by atoms with Crippen LogP contribution in [0.5, 0.6) is 0 Å². The molecule has 0 bridgehead atoms. The Bertz CT molecular complexity index is 489. The number of hydrogen-bond donors (Lipinski definition) is 1. The summed E-state index contributed by atoms with van der Waals surface area (Å²) in [6.45, 7) is 5.64. The molecule has 0 spiro atoms. The van der Waals surface area contributed by atoms with Crippen LogP contribution < -0.4 is 5.32 Å². The Morgan fingerprint density at radius 1 is 1.30 bits per heavy atom. The summed E-state index contributed by atoms with van der Waals surface area (Å²) in [5.41, 5.74) is 0.885. The highest BCUT2D eigenvalue weighted by molar-refractivity contribution is 6.31. The van der Waals surface area contributed by atoms with Crippen LogP contribution in [0.2, 0.25) is 5.02 Å². The Morgan fingerprint density at radius 2 is 1.90 bits per heavy atom. The standard InChI is InChI=1S/C15H21ClN2O2/c1-10(2)14(17-11(3)19)15(20)18(4)9-12-7-5-6-8-13(12)16/h5-8,10,14H,9H2,1-4H3,(H,17,19)/t14-/m1/s1. The molecule has 0 radical (unpaired) electrons. The number of amides is 2. The first kappa shape index (κ1) is 16.5. The third-order valence-corrected chi connectivity index (χ3v) is 3.40. The summed E-state index contributed by atoms with van der Waals surface area (Å²) >= 11 is 6.09. The van der Waals surface area contributed by atoms with E-state index in [-0.39, 0.29) is 17.7 Å². The molecule has 0 unspecified atom stereocenters. The molecule has 1 N–H and O–H groups in total. The predicted octanol–water partition coefficient (Wildman–Crippen LogP) is 2.46. The molecule has 0 fully saturated rings. The van der Waals surface area contributed by atoms with Gasteiger partial charge in [0.15, 0.2) is 0 Å². The molecule has 1 rings (SSSR count). The van der Waals surface area contributed by atoms with Crippen LogP contribution in [0.4, 0.5) is 0 Å². The van der Waals surface area contributed by atoms with Crippen molar-refractivity contribution in [2.75, 3.05) is 7.05 Å². The van der Waals surface area contributed by atoms with Crippen molar-refractivity contribution < 1.29 is 9.59 Å². The van der Waals surface area contributed by atoms with Crippen molar-refractivity contribution >= 4 is 23.4 Å². The number of likely N-dealkylation sites (N-methyl/N-ethyl adjacent to an activating group) is 1. The second-order valence-electron chi connectivity index (χ2n) is 5.21. The quantitative estimate of drug-likeness (QED) is 0.907. The average Bonchev–Trinajstić information content (AvgIpc) is 2.37. The Morgan fingerprint density at radius 3 is 2.40 bits per heavy atom. The van der Waals surface area contributed by atoms with Crippen molar-refractivity contribution in [1.29, 1.82) is 0 Å². The van der Waals surface area contributed by atoms with Gasteiger partial charge in [-0.25, -0.2) is 0 Å². The van der Waals surface area contributed by atoms with E-state index in [1.807, 2.05) is 32.0 Å². The molecule has 0 heterocycles. The minimum absolute atomic E-state index is 0.0279. The molecule has 0 saturated heterocycles. The van der Waals surface area contributed by atoms with Crippen LogP contribution in [0.15, 0.2) is 24.3 Å². The number of carbonyl (C=O) groups excluding carboxylic acids is 2. The molecule has 0 aliphatic carbocycles. The first-order valence-corrected chi connectivity index (χ1v) is 6.96. The summed E-state index contributed by atoms with van der Waals surface area (Å²) in [6.07, 6.45) is 0. The highest BCUT2D eigenvalue weighted by Crippen LogP contribution is 2.17. The van der Waals surface area contributed by atoms with Crippen molar-refractivity contribution in [3.8, 4) is 0 Å². The SMILES string of the molecule is CC(=O)N[C@@H](C(=O)N(C)Cc1ccccc1Cl)C(C)C. The molecular weight excluding hydrogens is 276 g/mol. The van der Waals surface area contributed by atoms with E-state index in [0.29, 0.717) is 11.6 Å². The number of halogens is 1. The fraction of sp³-hybridized carbons (Fsp3) is 0.467. The topological polar surface area (TPSA) is 49.4 Å². The zero-order valence-electron chi connectivity index (χ0n) is 12.3. The van der Waals surface area contributed by atoms with E-state index in [1.54, 1.807) is 18.0 Å². The highest BCUT2D eigenvalue weighted by Gasteiger charge is 2.26. The second-order valence-corrected chi connectivity index (χ2v) is 5.62. The van der Waals surface area contributed by atoms with E-state index < -0.39 is 6.04 Å². The number of nitrogens with zero attached hydrogens (tertiary/aromatic N) is 1. The molecule has 1 aromatic rings. The minimum atomic E-state index is -0.514. The Labute approximate surface area is 125 Å². The Hall–Kier alpha value is -1.55. The summed E-state index contributed by atoms with van der Waals surface area (Å²) in [5.74, 6) is -0.293. The third-order valence-electron chi connectivity index (χ3n) is 3.03. The van der Waals surface area contributed by atoms with Crippen LogP contribution in [0.1, 0.15) is 26.3 Å². The predicted molar refractivity (Wildman–Crippen MR) is 80.4 cm³/mol. The van der Waals surface area contributed by atoms with Crippen LogP contribution in [0.25, 0.3) is 0 Å². The van der Waals surface area contributed by atoms with Gasteiger partial charge in [-0.2, -0.15) is 0 Å². The van der Waals surface area contributed by atoms with Crippen molar-refractivity contribution in [3.63, 3.8) is 0 Å². The molecule has 5 heteroatoms. The minimum Gasteiger partial charge on any atom is -0.344 e. The van der Waals surface area contributed by atoms with Gasteiger partial charge >= 0.3 is 0 Å². The maximum atomic E-state index is 12.4. The van der Waals surface area contributed by atoms with E-state index in [2.05, 4.69) is 5.32 Å². The lowest BCUT2D eigenvalue weighted by Crippen LogP contribution is -2.49. The molecule has 20 heavy (non-hydrogen) atoms. The lowest BCUT2D eigenvalue weighted by molar-refractivity contribution is -0.136. The lowest BCUT2D eigenvalue weighted by atomic mass is 10.0. The van der Waals surface area contributed by atoms with E-state index in [0.717, 1.165) is 5.56 Å². The smallest absolute Gasteiger partial charge is 0.245 e. The number of benzene rings is 1. The average molecular weight is 297 g/mol. The highest BCUT2D eigenvalue weighted by atomic mass is 35.5. The Kier molecular flexibility index (Phi) is 6.02. The monoisotopic (exact) mass is 296 g/mol. The van der Waals surface area contributed by atoms with Gasteiger partial charge in [0.05, 0.1) is 0 Å². The molecule has 0 aromatic heterocycles. The van der Waals surface area contributed by atoms with E-state index >= 15 is 0 Å². The van der Waals surface area contributed by atoms with Gasteiger partial charge in [-0.1, -0.05) is 43.6 Å². The van der Waals surface area contributed by atoms with Gasteiger partial charge in [0.25, 0.3) is 0 Å². The van der Waals surface area contributed by atoms with E-state index in [9.17, 15) is 9.59 Å².